The summed E-state index contributed by atoms with van der Waals surface area (Å²) in [6, 6.07) is 11.3. The summed E-state index contributed by atoms with van der Waals surface area (Å²) in [6.45, 7) is 3.91. The summed E-state index contributed by atoms with van der Waals surface area (Å²) in [7, 11) is 1.61. The van der Waals surface area contributed by atoms with Crippen LogP contribution in [0, 0.1) is 0 Å². The lowest BCUT2D eigenvalue weighted by atomic mass is 9.95. The van der Waals surface area contributed by atoms with E-state index in [-0.39, 0.29) is 12.0 Å². The van der Waals surface area contributed by atoms with Gasteiger partial charge >= 0.3 is 0 Å². The predicted octanol–water partition coefficient (Wildman–Crippen LogP) is 4.61. The maximum Gasteiger partial charge on any atom is 0.271 e. The van der Waals surface area contributed by atoms with Gasteiger partial charge in [0.2, 0.25) is 0 Å². The number of hydrazone groups is 1. The zero-order chi connectivity index (χ0) is 21.1. The van der Waals surface area contributed by atoms with Crippen molar-refractivity contribution in [2.45, 2.75) is 45.6 Å². The molecule has 0 saturated carbocycles. The molecule has 6 nitrogen and oxygen atoms in total. The average Bonchev–Trinajstić information content (AvgIpc) is 3.11. The van der Waals surface area contributed by atoms with Gasteiger partial charge < -0.3 is 14.5 Å². The number of carbonyl (C=O) groups excluding carboxylic acids is 1. The molecule has 2 N–H and O–H groups in total. The number of benzene rings is 2. The Morgan fingerprint density at radius 2 is 1.97 bits per heavy atom. The molecule has 0 unspecified atom stereocenters. The molecule has 0 bridgehead atoms. The summed E-state index contributed by atoms with van der Waals surface area (Å²) in [5.41, 5.74) is 7.79. The molecule has 1 aliphatic rings. The first-order chi connectivity index (χ1) is 14.5. The molecular formula is C24H27N3O3. The van der Waals surface area contributed by atoms with E-state index in [2.05, 4.69) is 15.5 Å². The van der Waals surface area contributed by atoms with Crippen molar-refractivity contribution < 1.29 is 14.3 Å². The minimum absolute atomic E-state index is 0.0277. The third kappa shape index (κ3) is 4.17. The first-order valence-electron chi connectivity index (χ1n) is 10.4. The summed E-state index contributed by atoms with van der Waals surface area (Å²) >= 11 is 0. The summed E-state index contributed by atoms with van der Waals surface area (Å²) in [6.07, 6.45) is 6.19. The summed E-state index contributed by atoms with van der Waals surface area (Å²) in [5.74, 6) is 1.07. The molecule has 0 fully saturated rings. The minimum Gasteiger partial charge on any atom is -0.493 e. The fourth-order valence-corrected chi connectivity index (χ4v) is 3.90. The third-order valence-electron chi connectivity index (χ3n) is 5.29. The Kier molecular flexibility index (Phi) is 5.74. The van der Waals surface area contributed by atoms with Crippen LogP contribution < -0.4 is 14.9 Å². The number of rotatable bonds is 6. The number of aromatic amines is 1. The molecule has 0 radical (unpaired) electrons. The first kappa shape index (κ1) is 20.0. The van der Waals surface area contributed by atoms with Crippen molar-refractivity contribution in [2.75, 3.05) is 7.11 Å². The monoisotopic (exact) mass is 405 g/mol. The maximum absolute atomic E-state index is 12.6. The van der Waals surface area contributed by atoms with Crippen LogP contribution in [0.2, 0.25) is 0 Å². The van der Waals surface area contributed by atoms with Crippen LogP contribution in [0.4, 0.5) is 0 Å². The van der Waals surface area contributed by atoms with Crippen LogP contribution in [0.1, 0.15) is 53.9 Å². The van der Waals surface area contributed by atoms with Crippen molar-refractivity contribution in [3.63, 3.8) is 0 Å². The van der Waals surface area contributed by atoms with Crippen molar-refractivity contribution in [1.29, 1.82) is 0 Å². The smallest absolute Gasteiger partial charge is 0.271 e. The van der Waals surface area contributed by atoms with E-state index in [4.69, 9.17) is 9.47 Å². The van der Waals surface area contributed by atoms with Gasteiger partial charge in [0.05, 0.1) is 19.4 Å². The van der Waals surface area contributed by atoms with E-state index in [1.165, 1.54) is 24.1 Å². The Bertz CT molecular complexity index is 1100. The van der Waals surface area contributed by atoms with E-state index >= 15 is 0 Å². The number of hydrogen-bond acceptors (Lipinski definition) is 4. The van der Waals surface area contributed by atoms with Gasteiger partial charge in [-0.3, -0.25) is 4.79 Å². The normalized spacial score (nSPS) is 13.6. The van der Waals surface area contributed by atoms with Gasteiger partial charge in [0.1, 0.15) is 0 Å². The van der Waals surface area contributed by atoms with Crippen LogP contribution in [-0.4, -0.2) is 30.3 Å². The van der Waals surface area contributed by atoms with Gasteiger partial charge in [0, 0.05) is 22.2 Å². The number of nitrogens with zero attached hydrogens (tertiary/aromatic N) is 1. The second-order valence-electron chi connectivity index (χ2n) is 7.83. The molecular weight excluding hydrogens is 378 g/mol. The highest BCUT2D eigenvalue weighted by Gasteiger charge is 2.16. The summed E-state index contributed by atoms with van der Waals surface area (Å²) < 4.78 is 11.1. The molecule has 0 aliphatic heterocycles. The van der Waals surface area contributed by atoms with Gasteiger partial charge in [-0.15, -0.1) is 0 Å². The number of amides is 1. The number of nitrogens with one attached hydrogen (secondary N) is 2. The largest absolute Gasteiger partial charge is 0.493 e. The minimum atomic E-state index is -0.230. The van der Waals surface area contributed by atoms with E-state index in [9.17, 15) is 4.79 Å². The Balaban J connectivity index is 1.48. The van der Waals surface area contributed by atoms with Crippen LogP contribution in [0.25, 0.3) is 10.9 Å². The molecule has 30 heavy (non-hydrogen) atoms. The van der Waals surface area contributed by atoms with Gasteiger partial charge in [-0.1, -0.05) is 0 Å². The Hall–Kier alpha value is -3.28. The number of aryl methyl sites for hydroxylation is 2. The van der Waals surface area contributed by atoms with Crippen molar-refractivity contribution in [2.24, 2.45) is 5.10 Å². The molecule has 2 aromatic carbocycles. The molecule has 1 amide bonds. The van der Waals surface area contributed by atoms with Crippen molar-refractivity contribution >= 4 is 23.0 Å². The standard InChI is InChI=1S/C24H27N3O3/c1-15(2)30-23-12-16(8-11-22(23)29-3)14-25-27-24(28)17-9-10-21-19(13-17)18-6-4-5-7-20(18)26-21/h8-15,26H,4-7H2,1-3H3,(H,27,28)/b25-14-. The van der Waals surface area contributed by atoms with Crippen LogP contribution in [0.3, 0.4) is 0 Å². The summed E-state index contributed by atoms with van der Waals surface area (Å²) in [5, 5.41) is 5.27. The van der Waals surface area contributed by atoms with Gasteiger partial charge in [0.15, 0.2) is 11.5 Å². The Morgan fingerprint density at radius 1 is 1.13 bits per heavy atom. The van der Waals surface area contributed by atoms with Crippen molar-refractivity contribution in [3.05, 3.63) is 58.8 Å². The molecule has 1 aliphatic carbocycles. The first-order valence-corrected chi connectivity index (χ1v) is 10.4. The van der Waals surface area contributed by atoms with Crippen LogP contribution in [0.15, 0.2) is 41.5 Å². The molecule has 1 heterocycles. The van der Waals surface area contributed by atoms with E-state index in [1.54, 1.807) is 13.3 Å². The second-order valence-corrected chi connectivity index (χ2v) is 7.83. The van der Waals surface area contributed by atoms with Crippen molar-refractivity contribution in [1.82, 2.24) is 10.4 Å². The highest BCUT2D eigenvalue weighted by atomic mass is 16.5. The SMILES string of the molecule is COc1ccc(/C=N\NC(=O)c2ccc3[nH]c4c(c3c2)CCCC4)cc1OC(C)C. The fourth-order valence-electron chi connectivity index (χ4n) is 3.90. The molecule has 6 heteroatoms. The molecule has 0 atom stereocenters. The zero-order valence-electron chi connectivity index (χ0n) is 17.6. The number of H-pyrrole nitrogens is 1. The molecule has 1 aromatic heterocycles. The topological polar surface area (TPSA) is 75.7 Å². The van der Waals surface area contributed by atoms with E-state index in [1.807, 2.05) is 50.2 Å². The molecule has 3 aromatic rings. The second kappa shape index (κ2) is 8.61. The number of carbonyl (C=O) groups is 1. The van der Waals surface area contributed by atoms with Gasteiger partial charge in [-0.05, 0) is 87.1 Å². The van der Waals surface area contributed by atoms with Crippen LogP contribution in [-0.2, 0) is 12.8 Å². The third-order valence-corrected chi connectivity index (χ3v) is 5.29. The predicted molar refractivity (Wildman–Crippen MR) is 119 cm³/mol. The number of fused-ring (bicyclic) bond motifs is 3. The lowest BCUT2D eigenvalue weighted by Crippen LogP contribution is -2.17. The lowest BCUT2D eigenvalue weighted by molar-refractivity contribution is 0.0955. The highest BCUT2D eigenvalue weighted by molar-refractivity contribution is 5.99. The van der Waals surface area contributed by atoms with E-state index in [0.717, 1.165) is 29.3 Å². The summed E-state index contributed by atoms with van der Waals surface area (Å²) in [4.78, 5) is 16.1. The van der Waals surface area contributed by atoms with Crippen LogP contribution in [0.5, 0.6) is 11.5 Å². The molecule has 156 valence electrons. The number of methoxy groups -OCH3 is 1. The highest BCUT2D eigenvalue weighted by Crippen LogP contribution is 2.30. The number of hydrogen-bond donors (Lipinski definition) is 2. The molecule has 0 saturated heterocycles. The number of ether oxygens (including phenoxy) is 2. The zero-order valence-corrected chi connectivity index (χ0v) is 17.6. The quantitative estimate of drug-likeness (QED) is 0.465. The maximum atomic E-state index is 12.6. The number of aromatic nitrogens is 1. The average molecular weight is 405 g/mol. The van der Waals surface area contributed by atoms with Crippen molar-refractivity contribution in [3.8, 4) is 11.5 Å². The fraction of sp³-hybridized carbons (Fsp3) is 0.333. The van der Waals surface area contributed by atoms with E-state index < -0.39 is 0 Å². The lowest BCUT2D eigenvalue weighted by Gasteiger charge is -2.13. The van der Waals surface area contributed by atoms with E-state index in [0.29, 0.717) is 17.1 Å². The Morgan fingerprint density at radius 3 is 2.77 bits per heavy atom. The molecule has 0 spiro atoms. The van der Waals surface area contributed by atoms with Gasteiger partial charge in [-0.25, -0.2) is 5.43 Å². The van der Waals surface area contributed by atoms with Crippen LogP contribution >= 0.6 is 0 Å². The van der Waals surface area contributed by atoms with Gasteiger partial charge in [0.25, 0.3) is 5.91 Å². The molecule has 4 rings (SSSR count). The van der Waals surface area contributed by atoms with Gasteiger partial charge in [-0.2, -0.15) is 5.10 Å². The Labute approximate surface area is 176 Å².